The van der Waals surface area contributed by atoms with Gasteiger partial charge in [-0.1, -0.05) is 0 Å². The molecule has 2 nitrogen and oxygen atoms in total. The van der Waals surface area contributed by atoms with Gasteiger partial charge in [0.15, 0.2) is 0 Å². The van der Waals surface area contributed by atoms with E-state index in [-0.39, 0.29) is 27.0 Å². The van der Waals surface area contributed by atoms with Gasteiger partial charge in [0, 0.05) is 0 Å². The Labute approximate surface area is 219 Å². The Morgan fingerprint density at radius 3 is 0.794 bits per heavy atom. The molecule has 1 aliphatic rings. The van der Waals surface area contributed by atoms with Crippen LogP contribution in [-0.2, 0) is 0 Å². The van der Waals surface area contributed by atoms with Crippen LogP contribution in [0.4, 0.5) is 0 Å². The van der Waals surface area contributed by atoms with Crippen LogP contribution in [0.2, 0.25) is 0 Å². The number of nitrogens with zero attached hydrogens (tertiary/aromatic N) is 2. The fourth-order valence-electron chi connectivity index (χ4n) is 3.58. The van der Waals surface area contributed by atoms with E-state index in [9.17, 15) is 0 Å². The first-order chi connectivity index (χ1) is 16.7. The number of hydrogen-bond acceptors (Lipinski definition) is 2. The van der Waals surface area contributed by atoms with E-state index < -0.39 is 0 Å². The fraction of sp³-hybridized carbons (Fsp3) is 0.0769. The SMILES string of the molecule is CN1P(c2ccccc2)[Se]P(c2ccccc2)N(C)[P@](c2ccccc2)[Se]P1c1ccccc1. The van der Waals surface area contributed by atoms with E-state index >= 15 is 0 Å². The number of hydrogen-bond donors (Lipinski definition) is 0. The van der Waals surface area contributed by atoms with Crippen LogP contribution in [0, 0.1) is 0 Å². The Bertz CT molecular complexity index is 987. The van der Waals surface area contributed by atoms with Gasteiger partial charge in [-0.3, -0.25) is 0 Å². The summed E-state index contributed by atoms with van der Waals surface area (Å²) in [5.74, 6) is 0. The molecule has 1 aliphatic heterocycles. The van der Waals surface area contributed by atoms with Gasteiger partial charge in [0.25, 0.3) is 0 Å². The van der Waals surface area contributed by atoms with Crippen molar-refractivity contribution >= 4 is 76.4 Å². The predicted octanol–water partition coefficient (Wildman–Crippen LogP) is 5.82. The van der Waals surface area contributed by atoms with E-state index in [2.05, 4.69) is 144 Å². The third kappa shape index (κ3) is 5.76. The summed E-state index contributed by atoms with van der Waals surface area (Å²) in [6, 6.07) is 45.4. The van der Waals surface area contributed by atoms with Gasteiger partial charge in [-0.2, -0.15) is 0 Å². The standard InChI is InChI=1S/C26H26N2P4Se2/c1-27-29(23-15-7-3-8-16-23)33-31(25-19-11-5-12-20-25)28(2)32(26-21-13-6-14-22-26)34-30(27)24-17-9-4-10-18-24/h3-22H,1-2H3/t29-,30?,31?,32?/m0/s1. The van der Waals surface area contributed by atoms with Crippen molar-refractivity contribution in [1.29, 1.82) is 0 Å². The molecule has 0 aliphatic carbocycles. The molecule has 0 N–H and O–H groups in total. The Morgan fingerprint density at radius 2 is 0.588 bits per heavy atom. The molecule has 5 rings (SSSR count). The minimum absolute atomic E-state index is 0.374. The van der Waals surface area contributed by atoms with Gasteiger partial charge in [0.1, 0.15) is 0 Å². The molecule has 0 radical (unpaired) electrons. The molecule has 0 spiro atoms. The quantitative estimate of drug-likeness (QED) is 0.204. The van der Waals surface area contributed by atoms with Crippen LogP contribution in [-0.4, -0.2) is 51.1 Å². The molecular weight excluding hydrogens is 622 g/mol. The Balaban J connectivity index is 1.64. The van der Waals surface area contributed by atoms with Crippen molar-refractivity contribution in [3.05, 3.63) is 121 Å². The molecule has 1 saturated heterocycles. The summed E-state index contributed by atoms with van der Waals surface area (Å²) in [6.07, 6.45) is 0. The van der Waals surface area contributed by atoms with E-state index in [1.165, 1.54) is 21.2 Å². The maximum atomic E-state index is 2.85. The van der Waals surface area contributed by atoms with Crippen molar-refractivity contribution in [2.24, 2.45) is 0 Å². The molecule has 172 valence electrons. The van der Waals surface area contributed by atoms with Gasteiger partial charge in [-0.15, -0.1) is 0 Å². The summed E-state index contributed by atoms with van der Waals surface area (Å²) in [7, 11) is 4.87. The first kappa shape index (κ1) is 25.2. The van der Waals surface area contributed by atoms with Crippen molar-refractivity contribution < 1.29 is 0 Å². The average molecular weight is 648 g/mol. The van der Waals surface area contributed by atoms with Crippen molar-refractivity contribution in [1.82, 2.24) is 8.88 Å². The Hall–Kier alpha value is -0.441. The third-order valence-corrected chi connectivity index (χ3v) is 41.4. The first-order valence-corrected chi connectivity index (χ1v) is 25.0. The van der Waals surface area contributed by atoms with Crippen LogP contribution in [0.3, 0.4) is 0 Å². The summed E-state index contributed by atoms with van der Waals surface area (Å²) in [5.41, 5.74) is 0. The summed E-state index contributed by atoms with van der Waals surface area (Å²) in [5, 5.41) is 6.12. The van der Waals surface area contributed by atoms with E-state index in [0.29, 0.717) is 28.1 Å². The zero-order valence-electron chi connectivity index (χ0n) is 19.0. The zero-order chi connectivity index (χ0) is 23.3. The summed E-state index contributed by atoms with van der Waals surface area (Å²) < 4.78 is 5.69. The van der Waals surface area contributed by atoms with Crippen molar-refractivity contribution in [3.63, 3.8) is 0 Å². The second-order valence-electron chi connectivity index (χ2n) is 7.58. The molecule has 0 amide bonds. The Morgan fingerprint density at radius 1 is 0.382 bits per heavy atom. The minimum atomic E-state index is -0.374. The van der Waals surface area contributed by atoms with Crippen LogP contribution >= 0.6 is 27.0 Å². The molecule has 3 unspecified atom stereocenters. The summed E-state index contributed by atoms with van der Waals surface area (Å²) in [4.78, 5) is 0. The second kappa shape index (κ2) is 12.2. The van der Waals surface area contributed by atoms with Crippen LogP contribution < -0.4 is 21.2 Å². The van der Waals surface area contributed by atoms with Gasteiger partial charge in [0.05, 0.1) is 0 Å². The predicted molar refractivity (Wildman–Crippen MR) is 159 cm³/mol. The molecule has 4 aromatic carbocycles. The van der Waals surface area contributed by atoms with Gasteiger partial charge in [-0.25, -0.2) is 0 Å². The van der Waals surface area contributed by atoms with E-state index in [1.54, 1.807) is 0 Å². The molecule has 1 heterocycles. The van der Waals surface area contributed by atoms with Crippen LogP contribution in [0.5, 0.6) is 0 Å². The number of rotatable bonds is 4. The van der Waals surface area contributed by atoms with E-state index in [0.717, 1.165) is 0 Å². The molecular formula is C26H26N2P4Se2. The molecule has 0 saturated carbocycles. The first-order valence-electron chi connectivity index (χ1n) is 11.0. The second-order valence-corrected chi connectivity index (χ2v) is 31.0. The van der Waals surface area contributed by atoms with Crippen LogP contribution in [0.1, 0.15) is 0 Å². The molecule has 8 heteroatoms. The van der Waals surface area contributed by atoms with Crippen molar-refractivity contribution in [2.75, 3.05) is 14.1 Å². The molecule has 4 aromatic rings. The normalized spacial score (nSPS) is 24.3. The zero-order valence-corrected chi connectivity index (χ0v) is 26.1. The summed E-state index contributed by atoms with van der Waals surface area (Å²) >= 11 is 0.913. The molecule has 0 aromatic heterocycles. The summed E-state index contributed by atoms with van der Waals surface area (Å²) in [6.45, 7) is -1.50. The topological polar surface area (TPSA) is 6.48 Å². The van der Waals surface area contributed by atoms with Gasteiger partial charge in [-0.05, 0) is 0 Å². The molecule has 0 bridgehead atoms. The van der Waals surface area contributed by atoms with Gasteiger partial charge in [0.2, 0.25) is 0 Å². The van der Waals surface area contributed by atoms with E-state index in [1.807, 2.05) is 0 Å². The molecule has 1 fully saturated rings. The molecule has 4 atom stereocenters. The van der Waals surface area contributed by atoms with Gasteiger partial charge >= 0.3 is 221 Å². The van der Waals surface area contributed by atoms with Crippen molar-refractivity contribution in [3.8, 4) is 0 Å². The van der Waals surface area contributed by atoms with Gasteiger partial charge < -0.3 is 0 Å². The average Bonchev–Trinajstić information content (AvgIpc) is 2.90. The Kier molecular flexibility index (Phi) is 9.05. The number of benzene rings is 4. The molecule has 34 heavy (non-hydrogen) atoms. The van der Waals surface area contributed by atoms with E-state index in [4.69, 9.17) is 0 Å². The third-order valence-electron chi connectivity index (χ3n) is 5.27. The maximum absolute atomic E-state index is 2.85. The monoisotopic (exact) mass is 650 g/mol. The van der Waals surface area contributed by atoms with Crippen LogP contribution in [0.15, 0.2) is 121 Å². The van der Waals surface area contributed by atoms with Crippen molar-refractivity contribution in [2.45, 2.75) is 0 Å². The van der Waals surface area contributed by atoms with Crippen LogP contribution in [0.25, 0.3) is 0 Å². The fourth-order valence-corrected chi connectivity index (χ4v) is 53.0.